The van der Waals surface area contributed by atoms with Crippen molar-refractivity contribution < 1.29 is 31.5 Å². The van der Waals surface area contributed by atoms with Gasteiger partial charge in [0, 0.05) is 25.2 Å². The SMILES string of the molecule is COc1cc2c(cc1OC)CN(S(=O)(=O)CCCNC(=O)c1ccc(F)c(F)c1)CC2. The Hall–Kier alpha value is -2.72. The van der Waals surface area contributed by atoms with Crippen LogP contribution in [0, 0.1) is 11.6 Å². The summed E-state index contributed by atoms with van der Waals surface area (Å²) in [5.41, 5.74) is 1.85. The zero-order valence-corrected chi connectivity index (χ0v) is 18.1. The van der Waals surface area contributed by atoms with Gasteiger partial charge in [0.15, 0.2) is 23.1 Å². The number of amides is 1. The first kappa shape index (κ1) is 23.0. The molecule has 1 aliphatic heterocycles. The number of rotatable bonds is 8. The fourth-order valence-electron chi connectivity index (χ4n) is 3.42. The van der Waals surface area contributed by atoms with Crippen LogP contribution in [0.15, 0.2) is 30.3 Å². The van der Waals surface area contributed by atoms with Crippen molar-refractivity contribution in [3.63, 3.8) is 0 Å². The molecule has 0 atom stereocenters. The normalized spacial score (nSPS) is 14.1. The molecule has 1 N–H and O–H groups in total. The number of ether oxygens (including phenoxy) is 2. The Kier molecular flexibility index (Phi) is 7.11. The largest absolute Gasteiger partial charge is 0.493 e. The summed E-state index contributed by atoms with van der Waals surface area (Å²) in [7, 11) is -0.461. The van der Waals surface area contributed by atoms with Gasteiger partial charge in [-0.1, -0.05) is 0 Å². The van der Waals surface area contributed by atoms with Crippen molar-refractivity contribution in [3.8, 4) is 11.5 Å². The maximum absolute atomic E-state index is 13.2. The van der Waals surface area contributed by atoms with E-state index in [1.807, 2.05) is 6.07 Å². The molecule has 1 amide bonds. The number of sulfonamides is 1. The van der Waals surface area contributed by atoms with Crippen LogP contribution in [0.4, 0.5) is 8.78 Å². The molecule has 0 saturated heterocycles. The van der Waals surface area contributed by atoms with Gasteiger partial charge in [-0.25, -0.2) is 17.2 Å². The molecule has 0 aliphatic carbocycles. The van der Waals surface area contributed by atoms with Crippen LogP contribution in [0.2, 0.25) is 0 Å². The minimum absolute atomic E-state index is 0.0289. The molecule has 0 fully saturated rings. The third-order valence-electron chi connectivity index (χ3n) is 5.12. The molecule has 7 nitrogen and oxygen atoms in total. The summed E-state index contributed by atoms with van der Waals surface area (Å²) in [4.78, 5) is 12.0. The number of methoxy groups -OCH3 is 2. The fourth-order valence-corrected chi connectivity index (χ4v) is 4.89. The first-order valence-electron chi connectivity index (χ1n) is 9.70. The van der Waals surface area contributed by atoms with E-state index >= 15 is 0 Å². The quantitative estimate of drug-likeness (QED) is 0.620. The molecular weight excluding hydrogens is 430 g/mol. The van der Waals surface area contributed by atoms with E-state index in [0.29, 0.717) is 24.5 Å². The lowest BCUT2D eigenvalue weighted by Gasteiger charge is -2.29. The minimum Gasteiger partial charge on any atom is -0.493 e. The van der Waals surface area contributed by atoms with Gasteiger partial charge in [0.1, 0.15) is 0 Å². The van der Waals surface area contributed by atoms with Crippen LogP contribution < -0.4 is 14.8 Å². The summed E-state index contributed by atoms with van der Waals surface area (Å²) >= 11 is 0. The van der Waals surface area contributed by atoms with Crippen molar-refractivity contribution in [2.24, 2.45) is 0 Å². The monoisotopic (exact) mass is 454 g/mol. The van der Waals surface area contributed by atoms with Gasteiger partial charge >= 0.3 is 0 Å². The van der Waals surface area contributed by atoms with Gasteiger partial charge in [0.25, 0.3) is 5.91 Å². The molecular formula is C21H24F2N2O5S. The number of fused-ring (bicyclic) bond motifs is 1. The fraction of sp³-hybridized carbons (Fsp3) is 0.381. The van der Waals surface area contributed by atoms with E-state index < -0.39 is 27.6 Å². The molecule has 0 unspecified atom stereocenters. The van der Waals surface area contributed by atoms with Gasteiger partial charge in [0.05, 0.1) is 20.0 Å². The van der Waals surface area contributed by atoms with Crippen molar-refractivity contribution in [1.82, 2.24) is 9.62 Å². The summed E-state index contributed by atoms with van der Waals surface area (Å²) in [6, 6.07) is 6.49. The molecule has 0 saturated carbocycles. The molecule has 10 heteroatoms. The van der Waals surface area contributed by atoms with E-state index in [9.17, 15) is 22.0 Å². The van der Waals surface area contributed by atoms with E-state index in [-0.39, 0.29) is 30.8 Å². The van der Waals surface area contributed by atoms with Gasteiger partial charge in [-0.3, -0.25) is 4.79 Å². The van der Waals surface area contributed by atoms with Gasteiger partial charge in [-0.15, -0.1) is 0 Å². The molecule has 1 aliphatic rings. The molecule has 31 heavy (non-hydrogen) atoms. The van der Waals surface area contributed by atoms with Crippen molar-refractivity contribution >= 4 is 15.9 Å². The van der Waals surface area contributed by atoms with Crippen LogP contribution >= 0.6 is 0 Å². The third kappa shape index (κ3) is 5.31. The number of carbonyl (C=O) groups is 1. The highest BCUT2D eigenvalue weighted by molar-refractivity contribution is 7.89. The molecule has 0 aromatic heterocycles. The number of benzene rings is 2. The molecule has 0 radical (unpaired) electrons. The summed E-state index contributed by atoms with van der Waals surface area (Å²) in [6.45, 7) is 0.678. The molecule has 0 spiro atoms. The Bertz CT molecular complexity index is 1080. The van der Waals surface area contributed by atoms with Gasteiger partial charge < -0.3 is 14.8 Å². The Morgan fingerprint density at radius 1 is 1.06 bits per heavy atom. The van der Waals surface area contributed by atoms with Crippen LogP contribution in [-0.4, -0.2) is 51.7 Å². The van der Waals surface area contributed by atoms with Crippen LogP contribution in [-0.2, 0) is 23.0 Å². The number of halogens is 2. The van der Waals surface area contributed by atoms with E-state index in [0.717, 1.165) is 23.3 Å². The molecule has 2 aromatic carbocycles. The van der Waals surface area contributed by atoms with Crippen LogP contribution in [0.1, 0.15) is 27.9 Å². The van der Waals surface area contributed by atoms with Crippen LogP contribution in [0.3, 0.4) is 0 Å². The Morgan fingerprint density at radius 2 is 1.74 bits per heavy atom. The lowest BCUT2D eigenvalue weighted by molar-refractivity contribution is 0.0953. The van der Waals surface area contributed by atoms with Crippen LogP contribution in [0.5, 0.6) is 11.5 Å². The maximum Gasteiger partial charge on any atom is 0.251 e. The second kappa shape index (κ2) is 9.61. The molecule has 2 aromatic rings. The summed E-state index contributed by atoms with van der Waals surface area (Å²) < 4.78 is 63.7. The molecule has 168 valence electrons. The average Bonchev–Trinajstić information content (AvgIpc) is 2.76. The van der Waals surface area contributed by atoms with E-state index in [4.69, 9.17) is 9.47 Å². The molecule has 0 bridgehead atoms. The first-order chi connectivity index (χ1) is 14.7. The van der Waals surface area contributed by atoms with Crippen molar-refractivity contribution in [2.45, 2.75) is 19.4 Å². The predicted molar refractivity (Wildman–Crippen MR) is 111 cm³/mol. The summed E-state index contributed by atoms with van der Waals surface area (Å²) in [5, 5.41) is 2.52. The summed E-state index contributed by atoms with van der Waals surface area (Å²) in [5.74, 6) is -1.75. The van der Waals surface area contributed by atoms with Crippen molar-refractivity contribution in [3.05, 3.63) is 58.7 Å². The second-order valence-electron chi connectivity index (χ2n) is 7.11. The van der Waals surface area contributed by atoms with Gasteiger partial charge in [-0.05, 0) is 54.3 Å². The number of nitrogens with zero attached hydrogens (tertiary/aromatic N) is 1. The standard InChI is InChI=1S/C21H24F2N2O5S/c1-29-19-11-14-6-8-25(13-16(14)12-20(19)30-2)31(27,28)9-3-7-24-21(26)15-4-5-17(22)18(23)10-15/h4-5,10-12H,3,6-9,13H2,1-2H3,(H,24,26). The number of nitrogens with one attached hydrogen (secondary N) is 1. The molecule has 3 rings (SSSR count). The molecule has 1 heterocycles. The second-order valence-corrected chi connectivity index (χ2v) is 9.20. The lowest BCUT2D eigenvalue weighted by Crippen LogP contribution is -2.38. The Balaban J connectivity index is 1.55. The highest BCUT2D eigenvalue weighted by Crippen LogP contribution is 2.33. The Labute approximate surface area is 180 Å². The highest BCUT2D eigenvalue weighted by atomic mass is 32.2. The van der Waals surface area contributed by atoms with Gasteiger partial charge in [-0.2, -0.15) is 4.31 Å². The summed E-state index contributed by atoms with van der Waals surface area (Å²) in [6.07, 6.45) is 0.745. The smallest absolute Gasteiger partial charge is 0.251 e. The van der Waals surface area contributed by atoms with E-state index in [2.05, 4.69) is 5.32 Å². The maximum atomic E-state index is 13.2. The van der Waals surface area contributed by atoms with Gasteiger partial charge in [0.2, 0.25) is 10.0 Å². The van der Waals surface area contributed by atoms with Crippen molar-refractivity contribution in [2.75, 3.05) is 33.1 Å². The number of hydrogen-bond acceptors (Lipinski definition) is 5. The topological polar surface area (TPSA) is 84.9 Å². The predicted octanol–water partition coefficient (Wildman–Crippen LogP) is 2.49. The first-order valence-corrected chi connectivity index (χ1v) is 11.3. The lowest BCUT2D eigenvalue weighted by atomic mass is 10.0. The van der Waals surface area contributed by atoms with E-state index in [1.165, 1.54) is 17.5 Å². The highest BCUT2D eigenvalue weighted by Gasteiger charge is 2.27. The average molecular weight is 454 g/mol. The number of hydrogen-bond donors (Lipinski definition) is 1. The number of carbonyl (C=O) groups excluding carboxylic acids is 1. The van der Waals surface area contributed by atoms with Crippen molar-refractivity contribution in [1.29, 1.82) is 0 Å². The minimum atomic E-state index is -3.54. The zero-order valence-electron chi connectivity index (χ0n) is 17.3. The third-order valence-corrected chi connectivity index (χ3v) is 7.03. The van der Waals surface area contributed by atoms with E-state index in [1.54, 1.807) is 13.2 Å². The van der Waals surface area contributed by atoms with Crippen LogP contribution in [0.25, 0.3) is 0 Å². The Morgan fingerprint density at radius 3 is 2.39 bits per heavy atom. The zero-order chi connectivity index (χ0) is 22.6.